The molecule has 0 bridgehead atoms. The molecule has 3 atom stereocenters. The van der Waals surface area contributed by atoms with Gasteiger partial charge in [0.15, 0.2) is 0 Å². The Bertz CT molecular complexity index is 440. The maximum Gasteiger partial charge on any atom is 0.124 e. The van der Waals surface area contributed by atoms with Gasteiger partial charge in [0.1, 0.15) is 5.82 Å². The van der Waals surface area contributed by atoms with E-state index in [-0.39, 0.29) is 11.9 Å². The molecule has 2 rings (SSSR count). The maximum absolute atomic E-state index is 13.1. The smallest absolute Gasteiger partial charge is 0.124 e. The van der Waals surface area contributed by atoms with Gasteiger partial charge in [0, 0.05) is 23.6 Å². The van der Waals surface area contributed by atoms with Crippen LogP contribution in [0, 0.1) is 11.7 Å². The fraction of sp³-hybridized carbons (Fsp3) is 0.625. The number of halogens is 2. The Morgan fingerprint density at radius 2 is 2.30 bits per heavy atom. The SMILES string of the molecule is CCCNC(Cc1ccc(F)cc1Cl)C1CCOC1C. The van der Waals surface area contributed by atoms with Crippen LogP contribution in [0.3, 0.4) is 0 Å². The van der Waals surface area contributed by atoms with Gasteiger partial charge in [-0.25, -0.2) is 4.39 Å². The molecule has 1 aliphatic rings. The summed E-state index contributed by atoms with van der Waals surface area (Å²) in [6.07, 6.45) is 3.25. The zero-order valence-electron chi connectivity index (χ0n) is 12.2. The molecule has 0 aliphatic carbocycles. The first kappa shape index (κ1) is 15.7. The first-order chi connectivity index (χ1) is 9.61. The molecular weight excluding hydrogens is 277 g/mol. The summed E-state index contributed by atoms with van der Waals surface area (Å²) in [6.45, 7) is 6.09. The third-order valence-corrected chi connectivity index (χ3v) is 4.42. The van der Waals surface area contributed by atoms with Gasteiger partial charge < -0.3 is 10.1 Å². The second kappa shape index (κ2) is 7.39. The largest absolute Gasteiger partial charge is 0.378 e. The summed E-state index contributed by atoms with van der Waals surface area (Å²) in [5.41, 5.74) is 1.00. The van der Waals surface area contributed by atoms with Gasteiger partial charge in [0.25, 0.3) is 0 Å². The average molecular weight is 300 g/mol. The number of rotatable bonds is 6. The van der Waals surface area contributed by atoms with Crippen molar-refractivity contribution in [3.63, 3.8) is 0 Å². The van der Waals surface area contributed by atoms with Gasteiger partial charge in [-0.15, -0.1) is 0 Å². The highest BCUT2D eigenvalue weighted by atomic mass is 35.5. The number of hydrogen-bond acceptors (Lipinski definition) is 2. The summed E-state index contributed by atoms with van der Waals surface area (Å²) in [7, 11) is 0. The Morgan fingerprint density at radius 1 is 1.50 bits per heavy atom. The minimum Gasteiger partial charge on any atom is -0.378 e. The lowest BCUT2D eigenvalue weighted by molar-refractivity contribution is 0.0954. The summed E-state index contributed by atoms with van der Waals surface area (Å²) in [5.74, 6) is 0.206. The first-order valence-electron chi connectivity index (χ1n) is 7.40. The summed E-state index contributed by atoms with van der Waals surface area (Å²) in [5, 5.41) is 4.11. The van der Waals surface area contributed by atoms with Gasteiger partial charge in [-0.2, -0.15) is 0 Å². The third kappa shape index (κ3) is 3.94. The Hall–Kier alpha value is -0.640. The quantitative estimate of drug-likeness (QED) is 0.862. The topological polar surface area (TPSA) is 21.3 Å². The van der Waals surface area contributed by atoms with Gasteiger partial charge in [-0.1, -0.05) is 24.6 Å². The molecule has 112 valence electrons. The minimum atomic E-state index is -0.283. The van der Waals surface area contributed by atoms with Crippen molar-refractivity contribution in [1.82, 2.24) is 5.32 Å². The van der Waals surface area contributed by atoms with Crippen LogP contribution in [0.15, 0.2) is 18.2 Å². The minimum absolute atomic E-state index is 0.267. The molecule has 0 radical (unpaired) electrons. The number of nitrogens with one attached hydrogen (secondary N) is 1. The van der Waals surface area contributed by atoms with E-state index in [0.717, 1.165) is 38.0 Å². The maximum atomic E-state index is 13.1. The Balaban J connectivity index is 2.10. The monoisotopic (exact) mass is 299 g/mol. The molecular formula is C16H23ClFNO. The zero-order chi connectivity index (χ0) is 14.5. The van der Waals surface area contributed by atoms with E-state index in [2.05, 4.69) is 19.2 Å². The van der Waals surface area contributed by atoms with Gasteiger partial charge in [0.05, 0.1) is 6.10 Å². The highest BCUT2D eigenvalue weighted by Gasteiger charge is 2.31. The summed E-state index contributed by atoms with van der Waals surface area (Å²) in [6, 6.07) is 4.99. The predicted octanol–water partition coefficient (Wildman–Crippen LogP) is 3.81. The van der Waals surface area contributed by atoms with Gasteiger partial charge in [-0.05, 0) is 50.4 Å². The summed E-state index contributed by atoms with van der Waals surface area (Å²) in [4.78, 5) is 0. The lowest BCUT2D eigenvalue weighted by Gasteiger charge is -2.27. The lowest BCUT2D eigenvalue weighted by Crippen LogP contribution is -2.41. The van der Waals surface area contributed by atoms with Gasteiger partial charge >= 0.3 is 0 Å². The van der Waals surface area contributed by atoms with Crippen LogP contribution in [0.4, 0.5) is 4.39 Å². The molecule has 3 unspecified atom stereocenters. The van der Waals surface area contributed by atoms with Crippen molar-refractivity contribution in [2.45, 2.75) is 45.3 Å². The molecule has 0 aromatic heterocycles. The second-order valence-electron chi connectivity index (χ2n) is 5.53. The van der Waals surface area contributed by atoms with Crippen molar-refractivity contribution >= 4 is 11.6 Å². The fourth-order valence-electron chi connectivity index (χ4n) is 2.91. The molecule has 0 saturated carbocycles. The molecule has 1 aromatic carbocycles. The number of hydrogen-bond donors (Lipinski definition) is 1. The van der Waals surface area contributed by atoms with Crippen LogP contribution in [0.1, 0.15) is 32.3 Å². The molecule has 1 heterocycles. The van der Waals surface area contributed by atoms with E-state index >= 15 is 0 Å². The third-order valence-electron chi connectivity index (χ3n) is 4.06. The van der Waals surface area contributed by atoms with Gasteiger partial charge in [0.2, 0.25) is 0 Å². The highest BCUT2D eigenvalue weighted by molar-refractivity contribution is 6.31. The van der Waals surface area contributed by atoms with E-state index in [4.69, 9.17) is 16.3 Å². The van der Waals surface area contributed by atoms with Crippen molar-refractivity contribution in [1.29, 1.82) is 0 Å². The van der Waals surface area contributed by atoms with E-state index in [1.54, 1.807) is 6.07 Å². The Morgan fingerprint density at radius 3 is 2.90 bits per heavy atom. The second-order valence-corrected chi connectivity index (χ2v) is 5.94. The molecule has 1 N–H and O–H groups in total. The van der Waals surface area contributed by atoms with E-state index in [1.807, 2.05) is 0 Å². The van der Waals surface area contributed by atoms with Crippen LogP contribution in [0.25, 0.3) is 0 Å². The van der Waals surface area contributed by atoms with E-state index in [1.165, 1.54) is 12.1 Å². The van der Waals surface area contributed by atoms with E-state index in [0.29, 0.717) is 17.0 Å². The fourth-order valence-corrected chi connectivity index (χ4v) is 3.15. The Kier molecular flexibility index (Phi) is 5.82. The molecule has 0 amide bonds. The van der Waals surface area contributed by atoms with Crippen molar-refractivity contribution in [3.05, 3.63) is 34.6 Å². The van der Waals surface area contributed by atoms with Gasteiger partial charge in [-0.3, -0.25) is 0 Å². The molecule has 0 spiro atoms. The van der Waals surface area contributed by atoms with Crippen LogP contribution in [-0.2, 0) is 11.2 Å². The summed E-state index contributed by atoms with van der Waals surface area (Å²) < 4.78 is 18.8. The average Bonchev–Trinajstić information content (AvgIpc) is 2.83. The van der Waals surface area contributed by atoms with Crippen LogP contribution >= 0.6 is 11.6 Å². The molecule has 1 fully saturated rings. The zero-order valence-corrected chi connectivity index (χ0v) is 12.9. The molecule has 1 saturated heterocycles. The van der Waals surface area contributed by atoms with Crippen LogP contribution in [-0.4, -0.2) is 25.3 Å². The standard InChI is InChI=1S/C16H23ClFNO/c1-3-7-19-16(14-6-8-20-11(14)2)9-12-4-5-13(18)10-15(12)17/h4-5,10-11,14,16,19H,3,6-9H2,1-2H3. The molecule has 4 heteroatoms. The Labute approximate surface area is 125 Å². The highest BCUT2D eigenvalue weighted by Crippen LogP contribution is 2.28. The van der Waals surface area contributed by atoms with Crippen LogP contribution < -0.4 is 5.32 Å². The predicted molar refractivity (Wildman–Crippen MR) is 80.7 cm³/mol. The first-order valence-corrected chi connectivity index (χ1v) is 7.78. The normalized spacial score (nSPS) is 24.0. The van der Waals surface area contributed by atoms with Crippen molar-refractivity contribution in [2.24, 2.45) is 5.92 Å². The van der Waals surface area contributed by atoms with Crippen LogP contribution in [0.2, 0.25) is 5.02 Å². The molecule has 1 aromatic rings. The molecule has 1 aliphatic heterocycles. The van der Waals surface area contributed by atoms with Crippen molar-refractivity contribution < 1.29 is 9.13 Å². The van der Waals surface area contributed by atoms with Crippen molar-refractivity contribution in [3.8, 4) is 0 Å². The molecule has 20 heavy (non-hydrogen) atoms. The van der Waals surface area contributed by atoms with E-state index in [9.17, 15) is 4.39 Å². The van der Waals surface area contributed by atoms with Crippen LogP contribution in [0.5, 0.6) is 0 Å². The van der Waals surface area contributed by atoms with E-state index < -0.39 is 0 Å². The van der Waals surface area contributed by atoms with Crippen molar-refractivity contribution in [2.75, 3.05) is 13.2 Å². The summed E-state index contributed by atoms with van der Waals surface area (Å²) >= 11 is 6.15. The molecule has 2 nitrogen and oxygen atoms in total. The number of ether oxygens (including phenoxy) is 1. The lowest BCUT2D eigenvalue weighted by atomic mass is 9.88. The number of benzene rings is 1.